The Kier molecular flexibility index (Phi) is 6.90. The molecule has 0 spiro atoms. The minimum Gasteiger partial charge on any atom is -0.465 e. The number of ether oxygens (including phenoxy) is 1. The van der Waals surface area contributed by atoms with E-state index in [1.165, 1.54) is 0 Å². The zero-order chi connectivity index (χ0) is 19.1. The molecule has 0 atom stereocenters. The molecule has 0 aliphatic carbocycles. The van der Waals surface area contributed by atoms with Crippen molar-refractivity contribution in [1.29, 1.82) is 0 Å². The number of rotatable bonds is 5. The molecular weight excluding hydrogens is 344 g/mol. The topological polar surface area (TPSA) is 97.2 Å². The largest absolute Gasteiger partial charge is 0.465 e. The highest BCUT2D eigenvalue weighted by Crippen LogP contribution is 2.20. The average molecular weight is 367 g/mol. The van der Waals surface area contributed by atoms with Crippen LogP contribution in [0.3, 0.4) is 0 Å². The van der Waals surface area contributed by atoms with Crippen molar-refractivity contribution in [3.05, 3.63) is 41.6 Å². The van der Waals surface area contributed by atoms with Gasteiger partial charge in [-0.3, -0.25) is 9.69 Å². The lowest BCUT2D eigenvalue weighted by Gasteiger charge is -2.34. The van der Waals surface area contributed by atoms with E-state index >= 15 is 0 Å². The first-order chi connectivity index (χ1) is 12.4. The molecule has 0 unspecified atom stereocenters. The molecular formula is C17H23F2N5O2. The summed E-state index contributed by atoms with van der Waals surface area (Å²) in [7, 11) is 0. The smallest absolute Gasteiger partial charge is 0.320 e. The van der Waals surface area contributed by atoms with Crippen LogP contribution in [-0.4, -0.2) is 61.1 Å². The van der Waals surface area contributed by atoms with E-state index in [9.17, 15) is 13.6 Å². The van der Waals surface area contributed by atoms with Crippen LogP contribution in [0.4, 0.5) is 8.78 Å². The highest BCUT2D eigenvalue weighted by atomic mass is 19.1. The number of nitrogens with two attached hydrogens (primary N) is 2. The summed E-state index contributed by atoms with van der Waals surface area (Å²) >= 11 is 0. The molecule has 1 aromatic rings. The van der Waals surface area contributed by atoms with Gasteiger partial charge < -0.3 is 21.1 Å². The molecule has 7 nitrogen and oxygen atoms in total. The molecule has 1 aliphatic rings. The van der Waals surface area contributed by atoms with E-state index in [0.29, 0.717) is 32.8 Å². The Bertz CT molecular complexity index is 700. The van der Waals surface area contributed by atoms with Gasteiger partial charge in [0.15, 0.2) is 5.96 Å². The van der Waals surface area contributed by atoms with Gasteiger partial charge >= 0.3 is 5.97 Å². The maximum atomic E-state index is 13.9. The first kappa shape index (κ1) is 19.6. The number of piperazine rings is 1. The second kappa shape index (κ2) is 9.14. The predicted octanol–water partition coefficient (Wildman–Crippen LogP) is 0.717. The third-order valence-corrected chi connectivity index (χ3v) is 3.95. The van der Waals surface area contributed by atoms with Crippen molar-refractivity contribution in [2.45, 2.75) is 6.92 Å². The van der Waals surface area contributed by atoms with Crippen LogP contribution in [0, 0.1) is 11.6 Å². The van der Waals surface area contributed by atoms with Crippen molar-refractivity contribution < 1.29 is 18.3 Å². The molecule has 1 saturated heterocycles. The summed E-state index contributed by atoms with van der Waals surface area (Å²) in [5, 5.41) is 0. The van der Waals surface area contributed by atoms with E-state index in [-0.39, 0.29) is 29.7 Å². The number of nitrogens with zero attached hydrogens (tertiary/aromatic N) is 3. The van der Waals surface area contributed by atoms with E-state index in [0.717, 1.165) is 24.4 Å². The molecule has 9 heteroatoms. The molecule has 142 valence electrons. The fourth-order valence-corrected chi connectivity index (χ4v) is 2.60. The number of halogens is 2. The Labute approximate surface area is 150 Å². The lowest BCUT2D eigenvalue weighted by Crippen LogP contribution is -2.52. The van der Waals surface area contributed by atoms with Crippen molar-refractivity contribution in [3.8, 4) is 0 Å². The Morgan fingerprint density at radius 2 is 2.00 bits per heavy atom. The number of hydrogen-bond acceptors (Lipinski definition) is 5. The highest BCUT2D eigenvalue weighted by molar-refractivity contribution is 5.85. The van der Waals surface area contributed by atoms with Gasteiger partial charge in [-0.05, 0) is 25.1 Å². The number of hydrogen-bond donors (Lipinski definition) is 2. The molecule has 1 heterocycles. The van der Waals surface area contributed by atoms with Crippen LogP contribution in [0.2, 0.25) is 0 Å². The summed E-state index contributed by atoms with van der Waals surface area (Å²) in [4.78, 5) is 19.4. The van der Waals surface area contributed by atoms with Gasteiger partial charge in [0.2, 0.25) is 0 Å². The molecule has 1 aromatic carbocycles. The van der Waals surface area contributed by atoms with Gasteiger partial charge in [0.05, 0.1) is 18.8 Å². The maximum Gasteiger partial charge on any atom is 0.320 e. The normalized spacial score (nSPS) is 16.7. The second-order valence-electron chi connectivity index (χ2n) is 5.71. The Balaban J connectivity index is 2.01. The zero-order valence-corrected chi connectivity index (χ0v) is 14.6. The van der Waals surface area contributed by atoms with Crippen LogP contribution in [0.5, 0.6) is 0 Å². The van der Waals surface area contributed by atoms with E-state index in [4.69, 9.17) is 16.2 Å². The first-order valence-electron chi connectivity index (χ1n) is 8.29. The van der Waals surface area contributed by atoms with Crippen molar-refractivity contribution in [2.75, 3.05) is 39.3 Å². The lowest BCUT2D eigenvalue weighted by molar-refractivity contribution is -0.144. The minimum absolute atomic E-state index is 0.0495. The van der Waals surface area contributed by atoms with Crippen molar-refractivity contribution in [2.24, 2.45) is 16.5 Å². The number of esters is 1. The fraction of sp³-hybridized carbons (Fsp3) is 0.412. The van der Waals surface area contributed by atoms with Gasteiger partial charge in [-0.2, -0.15) is 0 Å². The third-order valence-electron chi connectivity index (χ3n) is 3.95. The van der Waals surface area contributed by atoms with Crippen molar-refractivity contribution in [3.63, 3.8) is 0 Å². The SMILES string of the molecule is CCOC(=O)CN1CCN(C(N)=N/C(=C\N)c2cc(F)ccc2F)CC1. The number of carbonyl (C=O) groups is 1. The van der Waals surface area contributed by atoms with E-state index < -0.39 is 11.6 Å². The summed E-state index contributed by atoms with van der Waals surface area (Å²) in [6, 6.07) is 3.04. The average Bonchev–Trinajstić information content (AvgIpc) is 2.62. The van der Waals surface area contributed by atoms with E-state index in [1.54, 1.807) is 11.8 Å². The van der Waals surface area contributed by atoms with Gasteiger partial charge in [0.25, 0.3) is 0 Å². The van der Waals surface area contributed by atoms with Gasteiger partial charge in [0, 0.05) is 37.9 Å². The summed E-state index contributed by atoms with van der Waals surface area (Å²) in [6.07, 6.45) is 1.09. The van der Waals surface area contributed by atoms with Crippen LogP contribution in [0.1, 0.15) is 12.5 Å². The molecule has 26 heavy (non-hydrogen) atoms. The van der Waals surface area contributed by atoms with Crippen LogP contribution >= 0.6 is 0 Å². The zero-order valence-electron chi connectivity index (χ0n) is 14.6. The molecule has 2 rings (SSSR count). The summed E-state index contributed by atoms with van der Waals surface area (Å²) in [6.45, 7) is 4.62. The number of benzene rings is 1. The molecule has 1 fully saturated rings. The number of aliphatic imine (C=N–C) groups is 1. The second-order valence-corrected chi connectivity index (χ2v) is 5.71. The molecule has 0 bridgehead atoms. The summed E-state index contributed by atoms with van der Waals surface area (Å²) < 4.78 is 32.2. The van der Waals surface area contributed by atoms with Crippen LogP contribution in [-0.2, 0) is 9.53 Å². The standard InChI is InChI=1S/C17H23F2N5O2/c1-2-26-16(25)11-23-5-7-24(8-6-23)17(21)22-15(10-20)13-9-12(18)3-4-14(13)19/h3-4,9-10H,2,5-8,11,20H2,1H3,(H2,21,22)/b15-10-. The van der Waals surface area contributed by atoms with Gasteiger partial charge in [0.1, 0.15) is 11.6 Å². The van der Waals surface area contributed by atoms with E-state index in [2.05, 4.69) is 4.99 Å². The third kappa shape index (κ3) is 5.16. The first-order valence-corrected chi connectivity index (χ1v) is 8.29. The van der Waals surface area contributed by atoms with Crippen molar-refractivity contribution in [1.82, 2.24) is 9.80 Å². The van der Waals surface area contributed by atoms with Crippen LogP contribution in [0.15, 0.2) is 29.4 Å². The minimum atomic E-state index is -0.640. The Hall–Kier alpha value is -2.68. The summed E-state index contributed by atoms with van der Waals surface area (Å²) in [5.41, 5.74) is 11.5. The number of guanidine groups is 1. The van der Waals surface area contributed by atoms with Gasteiger partial charge in [-0.1, -0.05) is 0 Å². The molecule has 4 N–H and O–H groups in total. The predicted molar refractivity (Wildman–Crippen MR) is 94.8 cm³/mol. The fourth-order valence-electron chi connectivity index (χ4n) is 2.60. The Morgan fingerprint density at radius 3 is 2.62 bits per heavy atom. The Morgan fingerprint density at radius 1 is 1.31 bits per heavy atom. The number of carbonyl (C=O) groups excluding carboxylic acids is 1. The quantitative estimate of drug-likeness (QED) is 0.452. The van der Waals surface area contributed by atoms with Crippen molar-refractivity contribution >= 4 is 17.6 Å². The molecule has 1 aliphatic heterocycles. The monoisotopic (exact) mass is 367 g/mol. The molecule has 0 radical (unpaired) electrons. The maximum absolute atomic E-state index is 13.9. The summed E-state index contributed by atoms with van der Waals surface area (Å²) in [5.74, 6) is -1.35. The highest BCUT2D eigenvalue weighted by Gasteiger charge is 2.21. The molecule has 0 amide bonds. The lowest BCUT2D eigenvalue weighted by atomic mass is 10.1. The van der Waals surface area contributed by atoms with Gasteiger partial charge in [-0.15, -0.1) is 0 Å². The van der Waals surface area contributed by atoms with E-state index in [1.807, 2.05) is 4.90 Å². The van der Waals surface area contributed by atoms with Gasteiger partial charge in [-0.25, -0.2) is 13.8 Å². The van der Waals surface area contributed by atoms with Crippen LogP contribution in [0.25, 0.3) is 5.70 Å². The van der Waals surface area contributed by atoms with Crippen LogP contribution < -0.4 is 11.5 Å². The molecule has 0 saturated carbocycles. The molecule has 0 aromatic heterocycles.